The summed E-state index contributed by atoms with van der Waals surface area (Å²) in [6.07, 6.45) is 0.692. The number of para-hydroxylation sites is 3. The number of carbonyl (C=O) groups is 1. The zero-order chi connectivity index (χ0) is 18.2. The van der Waals surface area contributed by atoms with Gasteiger partial charge in [0.15, 0.2) is 18.1 Å². The van der Waals surface area contributed by atoms with E-state index in [4.69, 9.17) is 14.2 Å². The number of hydrogen-bond acceptors (Lipinski definition) is 4. The van der Waals surface area contributed by atoms with Crippen molar-refractivity contribution in [2.45, 2.75) is 6.42 Å². The average Bonchev–Trinajstić information content (AvgIpc) is 2.69. The largest absolute Gasteiger partial charge is 0.493 e. The highest BCUT2D eigenvalue weighted by Gasteiger charge is 2.12. The van der Waals surface area contributed by atoms with Crippen LogP contribution in [0.25, 0.3) is 0 Å². The van der Waals surface area contributed by atoms with Gasteiger partial charge in [-0.3, -0.25) is 0 Å². The molecule has 0 aliphatic rings. The van der Waals surface area contributed by atoms with Gasteiger partial charge in [0.1, 0.15) is 5.75 Å². The summed E-state index contributed by atoms with van der Waals surface area (Å²) < 4.78 is 16.2. The van der Waals surface area contributed by atoms with Crippen LogP contribution in [0.5, 0.6) is 17.2 Å². The molecule has 0 amide bonds. The fourth-order valence-electron chi connectivity index (χ4n) is 2.59. The highest BCUT2D eigenvalue weighted by atomic mass is 16.6. The molecule has 4 nitrogen and oxygen atoms in total. The van der Waals surface area contributed by atoms with E-state index in [1.165, 1.54) is 0 Å². The first kappa shape index (κ1) is 17.5. The molecule has 0 bridgehead atoms. The number of rotatable bonds is 7. The molecule has 26 heavy (non-hydrogen) atoms. The summed E-state index contributed by atoms with van der Waals surface area (Å²) in [6, 6.07) is 24.7. The molecule has 0 N–H and O–H groups in total. The van der Waals surface area contributed by atoms with E-state index in [1.54, 1.807) is 25.3 Å². The lowest BCUT2D eigenvalue weighted by Crippen LogP contribution is -2.18. The van der Waals surface area contributed by atoms with Gasteiger partial charge in [-0.2, -0.15) is 0 Å². The number of esters is 1. The molecule has 0 aliphatic heterocycles. The topological polar surface area (TPSA) is 44.8 Å². The van der Waals surface area contributed by atoms with E-state index in [1.807, 2.05) is 60.7 Å². The first-order valence-corrected chi connectivity index (χ1v) is 8.34. The number of ether oxygens (including phenoxy) is 3. The van der Waals surface area contributed by atoms with Gasteiger partial charge in [0.25, 0.3) is 0 Å². The number of hydrogen-bond donors (Lipinski definition) is 0. The molecule has 0 spiro atoms. The Hall–Kier alpha value is -3.27. The van der Waals surface area contributed by atoms with Crippen molar-refractivity contribution in [3.63, 3.8) is 0 Å². The van der Waals surface area contributed by atoms with Crippen molar-refractivity contribution in [1.82, 2.24) is 0 Å². The van der Waals surface area contributed by atoms with Crippen LogP contribution in [0.15, 0.2) is 78.9 Å². The zero-order valence-electron chi connectivity index (χ0n) is 14.6. The summed E-state index contributed by atoms with van der Waals surface area (Å²) in [5, 5.41) is 0. The highest BCUT2D eigenvalue weighted by molar-refractivity contribution is 5.74. The molecule has 0 saturated carbocycles. The van der Waals surface area contributed by atoms with Crippen molar-refractivity contribution < 1.29 is 19.0 Å². The van der Waals surface area contributed by atoms with Crippen molar-refractivity contribution >= 4 is 5.97 Å². The second kappa shape index (κ2) is 8.72. The molecule has 3 rings (SSSR count). The lowest BCUT2D eigenvalue weighted by Gasteiger charge is -2.12. The molecule has 0 unspecified atom stereocenters. The van der Waals surface area contributed by atoms with Gasteiger partial charge in [-0.25, -0.2) is 4.79 Å². The van der Waals surface area contributed by atoms with Crippen LogP contribution in [0.3, 0.4) is 0 Å². The van der Waals surface area contributed by atoms with Gasteiger partial charge in [-0.15, -0.1) is 0 Å². The summed E-state index contributed by atoms with van der Waals surface area (Å²) in [5.41, 5.74) is 2.10. The normalized spacial score (nSPS) is 10.2. The van der Waals surface area contributed by atoms with Crippen molar-refractivity contribution in [2.75, 3.05) is 13.7 Å². The fourth-order valence-corrected chi connectivity index (χ4v) is 2.59. The van der Waals surface area contributed by atoms with Gasteiger partial charge >= 0.3 is 5.97 Å². The SMILES string of the molecule is COc1ccccc1OCC(=O)Oc1ccccc1Cc1ccccc1. The summed E-state index contributed by atoms with van der Waals surface area (Å²) in [4.78, 5) is 12.2. The molecule has 132 valence electrons. The third-order valence-corrected chi connectivity index (χ3v) is 3.85. The molecule has 3 aromatic carbocycles. The van der Waals surface area contributed by atoms with E-state index in [2.05, 4.69) is 0 Å². The van der Waals surface area contributed by atoms with Gasteiger partial charge in [-0.05, 0) is 29.3 Å². The van der Waals surface area contributed by atoms with E-state index < -0.39 is 5.97 Å². The number of benzene rings is 3. The lowest BCUT2D eigenvalue weighted by molar-refractivity contribution is -0.136. The third-order valence-electron chi connectivity index (χ3n) is 3.85. The summed E-state index contributed by atoms with van der Waals surface area (Å²) in [6.45, 7) is -0.194. The van der Waals surface area contributed by atoms with E-state index in [-0.39, 0.29) is 6.61 Å². The Balaban J connectivity index is 1.64. The standard InChI is InChI=1S/C22H20O4/c1-24-20-13-7-8-14-21(20)25-16-22(23)26-19-12-6-5-11-18(19)15-17-9-3-2-4-10-17/h2-14H,15-16H2,1H3. The minimum atomic E-state index is -0.462. The summed E-state index contributed by atoms with van der Waals surface area (Å²) >= 11 is 0. The Bertz CT molecular complexity index is 859. The smallest absolute Gasteiger partial charge is 0.349 e. The van der Waals surface area contributed by atoms with Crippen LogP contribution in [-0.4, -0.2) is 19.7 Å². The van der Waals surface area contributed by atoms with Crippen LogP contribution < -0.4 is 14.2 Å². The molecule has 3 aromatic rings. The molecular weight excluding hydrogens is 328 g/mol. The van der Waals surface area contributed by atoms with Crippen molar-refractivity contribution in [1.29, 1.82) is 0 Å². The molecule has 0 atom stereocenters. The Labute approximate surface area is 153 Å². The Morgan fingerprint density at radius 1 is 0.769 bits per heavy atom. The second-order valence-corrected chi connectivity index (χ2v) is 5.68. The van der Waals surface area contributed by atoms with Gasteiger partial charge in [0.05, 0.1) is 7.11 Å². The first-order chi connectivity index (χ1) is 12.8. The quantitative estimate of drug-likeness (QED) is 0.472. The van der Waals surface area contributed by atoms with Crippen LogP contribution in [0.2, 0.25) is 0 Å². The van der Waals surface area contributed by atoms with Gasteiger partial charge < -0.3 is 14.2 Å². The predicted molar refractivity (Wildman–Crippen MR) is 99.8 cm³/mol. The Kier molecular flexibility index (Phi) is 5.88. The number of methoxy groups -OCH3 is 1. The first-order valence-electron chi connectivity index (χ1n) is 8.34. The minimum Gasteiger partial charge on any atom is -0.493 e. The minimum absolute atomic E-state index is 0.194. The van der Waals surface area contributed by atoms with Crippen molar-refractivity contribution in [3.05, 3.63) is 90.0 Å². The van der Waals surface area contributed by atoms with Crippen LogP contribution in [-0.2, 0) is 11.2 Å². The van der Waals surface area contributed by atoms with Crippen LogP contribution in [0.4, 0.5) is 0 Å². The monoisotopic (exact) mass is 348 g/mol. The Morgan fingerprint density at radius 2 is 1.38 bits per heavy atom. The van der Waals surface area contributed by atoms with Crippen molar-refractivity contribution in [2.24, 2.45) is 0 Å². The molecule has 0 aliphatic carbocycles. The average molecular weight is 348 g/mol. The predicted octanol–water partition coefficient (Wildman–Crippen LogP) is 4.27. The van der Waals surface area contributed by atoms with E-state index in [0.717, 1.165) is 11.1 Å². The van der Waals surface area contributed by atoms with Gasteiger partial charge in [0.2, 0.25) is 0 Å². The maximum absolute atomic E-state index is 12.2. The molecule has 0 radical (unpaired) electrons. The van der Waals surface area contributed by atoms with Crippen LogP contribution in [0.1, 0.15) is 11.1 Å². The van der Waals surface area contributed by atoms with E-state index in [9.17, 15) is 4.79 Å². The maximum atomic E-state index is 12.2. The van der Waals surface area contributed by atoms with Gasteiger partial charge in [0, 0.05) is 6.42 Å². The molecule has 4 heteroatoms. The molecule has 0 heterocycles. The molecule has 0 fully saturated rings. The van der Waals surface area contributed by atoms with Gasteiger partial charge in [-0.1, -0.05) is 60.7 Å². The molecule has 0 saturated heterocycles. The summed E-state index contributed by atoms with van der Waals surface area (Å²) in [7, 11) is 1.56. The van der Waals surface area contributed by atoms with Crippen LogP contribution in [0, 0.1) is 0 Å². The van der Waals surface area contributed by atoms with E-state index in [0.29, 0.717) is 23.7 Å². The maximum Gasteiger partial charge on any atom is 0.349 e. The highest BCUT2D eigenvalue weighted by Crippen LogP contribution is 2.26. The van der Waals surface area contributed by atoms with Crippen LogP contribution >= 0.6 is 0 Å². The fraction of sp³-hybridized carbons (Fsp3) is 0.136. The Morgan fingerprint density at radius 3 is 2.12 bits per heavy atom. The summed E-state index contributed by atoms with van der Waals surface area (Å²) in [5.74, 6) is 1.16. The second-order valence-electron chi connectivity index (χ2n) is 5.68. The third kappa shape index (κ3) is 4.63. The number of carbonyl (C=O) groups excluding carboxylic acids is 1. The van der Waals surface area contributed by atoms with Crippen molar-refractivity contribution in [3.8, 4) is 17.2 Å². The molecular formula is C22H20O4. The van der Waals surface area contributed by atoms with E-state index >= 15 is 0 Å². The zero-order valence-corrected chi connectivity index (χ0v) is 14.6. The lowest BCUT2D eigenvalue weighted by atomic mass is 10.0. The molecule has 0 aromatic heterocycles.